The minimum atomic E-state index is 0.755. The van der Waals surface area contributed by atoms with Gasteiger partial charge in [0.2, 0.25) is 0 Å². The zero-order valence-electron chi connectivity index (χ0n) is 14.4. The van der Waals surface area contributed by atoms with Crippen molar-refractivity contribution < 1.29 is 0 Å². The van der Waals surface area contributed by atoms with Gasteiger partial charge < -0.3 is 10.2 Å². The normalized spacial score (nSPS) is 28.0. The van der Waals surface area contributed by atoms with Gasteiger partial charge in [-0.25, -0.2) is 0 Å². The third-order valence-corrected chi connectivity index (χ3v) is 5.62. The molecule has 2 rings (SSSR count). The molecule has 1 aliphatic carbocycles. The summed E-state index contributed by atoms with van der Waals surface area (Å²) in [5.41, 5.74) is 0. The van der Waals surface area contributed by atoms with Gasteiger partial charge in [0.25, 0.3) is 0 Å². The van der Waals surface area contributed by atoms with Crippen molar-refractivity contribution in [1.82, 2.24) is 10.2 Å². The van der Waals surface area contributed by atoms with Crippen LogP contribution in [0.25, 0.3) is 0 Å². The average Bonchev–Trinajstić information content (AvgIpc) is 2.49. The Morgan fingerprint density at radius 3 is 1.76 bits per heavy atom. The molecule has 1 unspecified atom stereocenters. The number of hydrogen-bond donors (Lipinski definition) is 1. The van der Waals surface area contributed by atoms with Crippen molar-refractivity contribution in [3.63, 3.8) is 0 Å². The molecular formula is C19H38N2. The van der Waals surface area contributed by atoms with Gasteiger partial charge in [-0.05, 0) is 39.3 Å². The summed E-state index contributed by atoms with van der Waals surface area (Å²) in [5, 5.41) is 3.72. The van der Waals surface area contributed by atoms with Gasteiger partial charge in [0.05, 0.1) is 0 Å². The second kappa shape index (κ2) is 10.6. The van der Waals surface area contributed by atoms with E-state index in [1.807, 2.05) is 0 Å². The van der Waals surface area contributed by atoms with Gasteiger partial charge in [-0.15, -0.1) is 0 Å². The van der Waals surface area contributed by atoms with E-state index in [1.54, 1.807) is 0 Å². The Hall–Kier alpha value is -0.0800. The van der Waals surface area contributed by atoms with Crippen molar-refractivity contribution >= 4 is 0 Å². The molecule has 1 aliphatic heterocycles. The van der Waals surface area contributed by atoms with E-state index in [-0.39, 0.29) is 0 Å². The molecule has 2 fully saturated rings. The molecule has 0 radical (unpaired) electrons. The molecule has 1 atom stereocenters. The van der Waals surface area contributed by atoms with Crippen molar-refractivity contribution in [2.75, 3.05) is 20.1 Å². The molecule has 0 amide bonds. The van der Waals surface area contributed by atoms with Crippen LogP contribution in [-0.2, 0) is 0 Å². The Morgan fingerprint density at radius 2 is 1.24 bits per heavy atom. The maximum atomic E-state index is 3.72. The Bertz CT molecular complexity index is 236. The predicted molar refractivity (Wildman–Crippen MR) is 92.8 cm³/mol. The van der Waals surface area contributed by atoms with Gasteiger partial charge in [-0.2, -0.15) is 0 Å². The lowest BCUT2D eigenvalue weighted by Gasteiger charge is -2.34. The maximum Gasteiger partial charge on any atom is 0.0195 e. The van der Waals surface area contributed by atoms with E-state index in [0.717, 1.165) is 12.1 Å². The highest BCUT2D eigenvalue weighted by atomic mass is 15.2. The van der Waals surface area contributed by atoms with Crippen LogP contribution in [0.2, 0.25) is 0 Å². The van der Waals surface area contributed by atoms with Gasteiger partial charge in [0, 0.05) is 18.6 Å². The molecule has 124 valence electrons. The molecule has 1 saturated carbocycles. The number of likely N-dealkylation sites (N-methyl/N-ethyl adjacent to an activating group) is 1. The second-order valence-corrected chi connectivity index (χ2v) is 7.50. The highest BCUT2D eigenvalue weighted by Gasteiger charge is 2.20. The van der Waals surface area contributed by atoms with E-state index in [0.29, 0.717) is 0 Å². The quantitative estimate of drug-likeness (QED) is 0.809. The van der Waals surface area contributed by atoms with Crippen molar-refractivity contribution in [2.45, 2.75) is 102 Å². The molecule has 1 N–H and O–H groups in total. The summed E-state index contributed by atoms with van der Waals surface area (Å²) < 4.78 is 0. The van der Waals surface area contributed by atoms with E-state index in [4.69, 9.17) is 0 Å². The maximum absolute atomic E-state index is 3.72. The van der Waals surface area contributed by atoms with Crippen LogP contribution >= 0.6 is 0 Å². The van der Waals surface area contributed by atoms with Gasteiger partial charge >= 0.3 is 0 Å². The van der Waals surface area contributed by atoms with Crippen LogP contribution in [0.4, 0.5) is 0 Å². The number of hydrogen-bond acceptors (Lipinski definition) is 2. The lowest BCUT2D eigenvalue weighted by Crippen LogP contribution is -2.45. The van der Waals surface area contributed by atoms with Crippen LogP contribution in [-0.4, -0.2) is 37.1 Å². The lowest BCUT2D eigenvalue weighted by molar-refractivity contribution is 0.178. The standard InChI is InChI=1S/C19H38N2/c1-21(17-18-13-11-12-16-20-18)19-14-9-7-5-3-2-4-6-8-10-15-19/h18-20H,2-17H2,1H3. The van der Waals surface area contributed by atoms with Crippen molar-refractivity contribution in [3.8, 4) is 0 Å². The van der Waals surface area contributed by atoms with E-state index in [2.05, 4.69) is 17.3 Å². The number of nitrogens with zero attached hydrogens (tertiary/aromatic N) is 1. The first-order valence-corrected chi connectivity index (χ1v) is 9.80. The molecule has 0 aromatic carbocycles. The van der Waals surface area contributed by atoms with Crippen LogP contribution in [0.1, 0.15) is 89.9 Å². The number of rotatable bonds is 3. The molecule has 2 aliphatic rings. The third kappa shape index (κ3) is 7.15. The molecule has 1 saturated heterocycles. The minimum Gasteiger partial charge on any atom is -0.313 e. The average molecular weight is 295 g/mol. The zero-order chi connectivity index (χ0) is 14.8. The van der Waals surface area contributed by atoms with E-state index >= 15 is 0 Å². The Labute approximate surface area is 133 Å². The summed E-state index contributed by atoms with van der Waals surface area (Å²) in [6.45, 7) is 2.51. The van der Waals surface area contributed by atoms with Crippen LogP contribution in [0.3, 0.4) is 0 Å². The molecule has 2 nitrogen and oxygen atoms in total. The monoisotopic (exact) mass is 294 g/mol. The van der Waals surface area contributed by atoms with Gasteiger partial charge in [0.1, 0.15) is 0 Å². The highest BCUT2D eigenvalue weighted by molar-refractivity contribution is 4.79. The predicted octanol–water partition coefficient (Wildman–Crippen LogP) is 4.73. The topological polar surface area (TPSA) is 15.3 Å². The van der Waals surface area contributed by atoms with Crippen LogP contribution in [0.5, 0.6) is 0 Å². The van der Waals surface area contributed by atoms with Crippen molar-refractivity contribution in [1.29, 1.82) is 0 Å². The van der Waals surface area contributed by atoms with Crippen LogP contribution in [0, 0.1) is 0 Å². The molecule has 1 heterocycles. The lowest BCUT2D eigenvalue weighted by atomic mass is 9.96. The fourth-order valence-electron chi connectivity index (χ4n) is 4.16. The summed E-state index contributed by atoms with van der Waals surface area (Å²) in [7, 11) is 2.38. The van der Waals surface area contributed by atoms with Gasteiger partial charge in [-0.1, -0.05) is 64.2 Å². The SMILES string of the molecule is CN(CC1CCCCN1)C1CCCCCCCCCCC1. The first-order chi connectivity index (χ1) is 10.4. The fraction of sp³-hybridized carbons (Fsp3) is 1.00. The smallest absolute Gasteiger partial charge is 0.0195 e. The fourth-order valence-corrected chi connectivity index (χ4v) is 4.16. The summed E-state index contributed by atoms with van der Waals surface area (Å²) in [4.78, 5) is 2.69. The molecule has 0 spiro atoms. The molecule has 21 heavy (non-hydrogen) atoms. The summed E-state index contributed by atoms with van der Waals surface area (Å²) in [6.07, 6.45) is 20.3. The molecular weight excluding hydrogens is 256 g/mol. The van der Waals surface area contributed by atoms with Crippen molar-refractivity contribution in [2.24, 2.45) is 0 Å². The highest BCUT2D eigenvalue weighted by Crippen LogP contribution is 2.20. The second-order valence-electron chi connectivity index (χ2n) is 7.50. The van der Waals surface area contributed by atoms with Gasteiger partial charge in [0.15, 0.2) is 0 Å². The molecule has 2 heteroatoms. The summed E-state index contributed by atoms with van der Waals surface area (Å²) in [5.74, 6) is 0. The van der Waals surface area contributed by atoms with E-state index < -0.39 is 0 Å². The van der Waals surface area contributed by atoms with Crippen LogP contribution < -0.4 is 5.32 Å². The first kappa shape index (κ1) is 17.3. The zero-order valence-corrected chi connectivity index (χ0v) is 14.4. The Kier molecular flexibility index (Phi) is 8.73. The number of piperidine rings is 1. The summed E-state index contributed by atoms with van der Waals surface area (Å²) >= 11 is 0. The van der Waals surface area contributed by atoms with E-state index in [9.17, 15) is 0 Å². The molecule has 0 aromatic rings. The van der Waals surface area contributed by atoms with E-state index in [1.165, 1.54) is 103 Å². The number of nitrogens with one attached hydrogen (secondary N) is 1. The Morgan fingerprint density at radius 1 is 0.714 bits per heavy atom. The Balaban J connectivity index is 1.75. The minimum absolute atomic E-state index is 0.755. The third-order valence-electron chi connectivity index (χ3n) is 5.62. The largest absolute Gasteiger partial charge is 0.313 e. The first-order valence-electron chi connectivity index (χ1n) is 9.80. The van der Waals surface area contributed by atoms with Gasteiger partial charge in [-0.3, -0.25) is 0 Å². The van der Waals surface area contributed by atoms with Crippen molar-refractivity contribution in [3.05, 3.63) is 0 Å². The summed E-state index contributed by atoms with van der Waals surface area (Å²) in [6, 6.07) is 1.60. The molecule has 0 aromatic heterocycles. The van der Waals surface area contributed by atoms with Crippen LogP contribution in [0.15, 0.2) is 0 Å². The molecule has 0 bridgehead atoms.